The van der Waals surface area contributed by atoms with Gasteiger partial charge in [-0.3, -0.25) is 0 Å². The standard InChI is InChI=1S/C13H18O/c1-2-9-13(11-14-13)10-8-12-6-4-3-5-7-12/h3-7H,2,8-11H2,1H3/t13-/m0/s1. The minimum absolute atomic E-state index is 0.255. The maximum atomic E-state index is 5.56. The number of ether oxygens (including phenoxy) is 1. The van der Waals surface area contributed by atoms with Crippen molar-refractivity contribution in [1.29, 1.82) is 0 Å². The molecular formula is C13H18O. The molecule has 2 rings (SSSR count). The van der Waals surface area contributed by atoms with E-state index in [1.807, 2.05) is 0 Å². The lowest BCUT2D eigenvalue weighted by molar-refractivity contribution is 0.272. The van der Waals surface area contributed by atoms with E-state index in [-0.39, 0.29) is 5.60 Å². The van der Waals surface area contributed by atoms with Crippen molar-refractivity contribution in [2.45, 2.75) is 38.2 Å². The van der Waals surface area contributed by atoms with Crippen LogP contribution in [-0.2, 0) is 11.2 Å². The molecule has 0 saturated carbocycles. The van der Waals surface area contributed by atoms with E-state index in [0.717, 1.165) is 13.0 Å². The zero-order valence-corrected chi connectivity index (χ0v) is 8.83. The number of aryl methyl sites for hydroxylation is 1. The van der Waals surface area contributed by atoms with E-state index < -0.39 is 0 Å². The second-order valence-electron chi connectivity index (χ2n) is 4.21. The van der Waals surface area contributed by atoms with Gasteiger partial charge in [-0.1, -0.05) is 43.7 Å². The number of epoxide rings is 1. The van der Waals surface area contributed by atoms with E-state index >= 15 is 0 Å². The van der Waals surface area contributed by atoms with Crippen LogP contribution in [0.5, 0.6) is 0 Å². The van der Waals surface area contributed by atoms with Gasteiger partial charge in [0, 0.05) is 0 Å². The molecule has 0 unspecified atom stereocenters. The second kappa shape index (κ2) is 4.14. The van der Waals surface area contributed by atoms with Crippen LogP contribution < -0.4 is 0 Å². The minimum atomic E-state index is 0.255. The van der Waals surface area contributed by atoms with Gasteiger partial charge < -0.3 is 4.74 Å². The molecule has 0 aromatic heterocycles. The Balaban J connectivity index is 1.83. The number of benzene rings is 1. The maximum Gasteiger partial charge on any atom is 0.0919 e. The van der Waals surface area contributed by atoms with Crippen molar-refractivity contribution in [3.05, 3.63) is 35.9 Å². The van der Waals surface area contributed by atoms with Crippen LogP contribution in [0.4, 0.5) is 0 Å². The Morgan fingerprint density at radius 1 is 1.21 bits per heavy atom. The number of hydrogen-bond donors (Lipinski definition) is 0. The molecule has 1 nitrogen and oxygen atoms in total. The zero-order chi connectivity index (χ0) is 9.86. The molecule has 1 atom stereocenters. The first-order chi connectivity index (χ1) is 6.85. The normalized spacial score (nSPS) is 24.9. The molecule has 14 heavy (non-hydrogen) atoms. The molecule has 1 fully saturated rings. The van der Waals surface area contributed by atoms with Crippen molar-refractivity contribution in [3.8, 4) is 0 Å². The smallest absolute Gasteiger partial charge is 0.0919 e. The summed E-state index contributed by atoms with van der Waals surface area (Å²) >= 11 is 0. The van der Waals surface area contributed by atoms with Crippen LogP contribution in [0.1, 0.15) is 31.7 Å². The highest BCUT2D eigenvalue weighted by Crippen LogP contribution is 2.36. The van der Waals surface area contributed by atoms with Crippen LogP contribution in [0.25, 0.3) is 0 Å². The Morgan fingerprint density at radius 2 is 1.93 bits per heavy atom. The average Bonchev–Trinajstić information content (AvgIpc) is 2.98. The Morgan fingerprint density at radius 3 is 2.50 bits per heavy atom. The van der Waals surface area contributed by atoms with Crippen molar-refractivity contribution in [1.82, 2.24) is 0 Å². The minimum Gasteiger partial charge on any atom is -0.370 e. The third kappa shape index (κ3) is 2.36. The fourth-order valence-electron chi connectivity index (χ4n) is 1.99. The molecular weight excluding hydrogens is 172 g/mol. The predicted octanol–water partition coefficient (Wildman–Crippen LogP) is 3.19. The van der Waals surface area contributed by atoms with E-state index in [1.165, 1.54) is 24.8 Å². The molecule has 1 heteroatoms. The molecule has 0 radical (unpaired) electrons. The molecule has 0 amide bonds. The first kappa shape index (κ1) is 9.72. The summed E-state index contributed by atoms with van der Waals surface area (Å²) in [5, 5.41) is 0. The molecule has 0 spiro atoms. The summed E-state index contributed by atoms with van der Waals surface area (Å²) in [7, 11) is 0. The average molecular weight is 190 g/mol. The molecule has 0 aliphatic carbocycles. The quantitative estimate of drug-likeness (QED) is 0.650. The molecule has 0 bridgehead atoms. The summed E-state index contributed by atoms with van der Waals surface area (Å²) < 4.78 is 5.56. The molecule has 1 aliphatic rings. The SMILES string of the molecule is CCC[C@]1(CCc2ccccc2)CO1. The van der Waals surface area contributed by atoms with E-state index in [4.69, 9.17) is 4.74 Å². The highest BCUT2D eigenvalue weighted by molar-refractivity contribution is 5.15. The summed E-state index contributed by atoms with van der Waals surface area (Å²) in [6, 6.07) is 10.7. The van der Waals surface area contributed by atoms with Gasteiger partial charge in [0.2, 0.25) is 0 Å². The topological polar surface area (TPSA) is 12.5 Å². The van der Waals surface area contributed by atoms with Gasteiger partial charge in [0.1, 0.15) is 0 Å². The van der Waals surface area contributed by atoms with Crippen molar-refractivity contribution in [2.24, 2.45) is 0 Å². The van der Waals surface area contributed by atoms with E-state index in [0.29, 0.717) is 0 Å². The maximum absolute atomic E-state index is 5.56. The fourth-order valence-corrected chi connectivity index (χ4v) is 1.99. The lowest BCUT2D eigenvalue weighted by Crippen LogP contribution is -2.11. The number of hydrogen-bond acceptors (Lipinski definition) is 1. The monoisotopic (exact) mass is 190 g/mol. The van der Waals surface area contributed by atoms with Crippen molar-refractivity contribution in [2.75, 3.05) is 6.61 Å². The van der Waals surface area contributed by atoms with Crippen molar-refractivity contribution in [3.63, 3.8) is 0 Å². The van der Waals surface area contributed by atoms with Gasteiger partial charge in [-0.2, -0.15) is 0 Å². The largest absolute Gasteiger partial charge is 0.370 e. The van der Waals surface area contributed by atoms with Gasteiger partial charge in [-0.15, -0.1) is 0 Å². The van der Waals surface area contributed by atoms with E-state index in [2.05, 4.69) is 37.3 Å². The first-order valence-corrected chi connectivity index (χ1v) is 5.52. The zero-order valence-electron chi connectivity index (χ0n) is 8.83. The molecule has 76 valence electrons. The number of rotatable bonds is 5. The summed E-state index contributed by atoms with van der Waals surface area (Å²) in [4.78, 5) is 0. The van der Waals surface area contributed by atoms with Crippen LogP contribution in [0.15, 0.2) is 30.3 Å². The predicted molar refractivity (Wildman–Crippen MR) is 58.4 cm³/mol. The first-order valence-electron chi connectivity index (χ1n) is 5.52. The second-order valence-corrected chi connectivity index (χ2v) is 4.21. The molecule has 1 heterocycles. The van der Waals surface area contributed by atoms with Gasteiger partial charge in [-0.05, 0) is 24.8 Å². The lowest BCUT2D eigenvalue weighted by Gasteiger charge is -2.09. The molecule has 1 aromatic carbocycles. The Kier molecular flexibility index (Phi) is 2.87. The third-order valence-electron chi connectivity index (χ3n) is 2.97. The van der Waals surface area contributed by atoms with E-state index in [9.17, 15) is 0 Å². The Labute approximate surface area is 86.1 Å². The molecule has 1 saturated heterocycles. The summed E-state index contributed by atoms with van der Waals surface area (Å²) in [5.41, 5.74) is 1.68. The van der Waals surface area contributed by atoms with Gasteiger partial charge in [-0.25, -0.2) is 0 Å². The summed E-state index contributed by atoms with van der Waals surface area (Å²) in [6.07, 6.45) is 4.79. The summed E-state index contributed by atoms with van der Waals surface area (Å²) in [6.45, 7) is 3.21. The van der Waals surface area contributed by atoms with Crippen LogP contribution in [0, 0.1) is 0 Å². The fraction of sp³-hybridized carbons (Fsp3) is 0.538. The van der Waals surface area contributed by atoms with Crippen LogP contribution in [0.2, 0.25) is 0 Å². The molecule has 1 aromatic rings. The summed E-state index contributed by atoms with van der Waals surface area (Å²) in [5.74, 6) is 0. The van der Waals surface area contributed by atoms with Crippen molar-refractivity contribution < 1.29 is 4.74 Å². The van der Waals surface area contributed by atoms with Crippen molar-refractivity contribution >= 4 is 0 Å². The Hall–Kier alpha value is -0.820. The van der Waals surface area contributed by atoms with Gasteiger partial charge >= 0.3 is 0 Å². The third-order valence-corrected chi connectivity index (χ3v) is 2.97. The van der Waals surface area contributed by atoms with Crippen LogP contribution >= 0.6 is 0 Å². The highest BCUT2D eigenvalue weighted by Gasteiger charge is 2.42. The highest BCUT2D eigenvalue weighted by atomic mass is 16.6. The van der Waals surface area contributed by atoms with Gasteiger partial charge in [0.05, 0.1) is 12.2 Å². The van der Waals surface area contributed by atoms with E-state index in [1.54, 1.807) is 0 Å². The molecule has 0 N–H and O–H groups in total. The van der Waals surface area contributed by atoms with Gasteiger partial charge in [0.15, 0.2) is 0 Å². The Bertz CT molecular complexity index is 275. The van der Waals surface area contributed by atoms with Crippen LogP contribution in [-0.4, -0.2) is 12.2 Å². The van der Waals surface area contributed by atoms with Gasteiger partial charge in [0.25, 0.3) is 0 Å². The van der Waals surface area contributed by atoms with Crippen LogP contribution in [0.3, 0.4) is 0 Å². The molecule has 1 aliphatic heterocycles. The lowest BCUT2D eigenvalue weighted by atomic mass is 9.96.